The van der Waals surface area contributed by atoms with Crippen LogP contribution in [0.2, 0.25) is 0 Å². The van der Waals surface area contributed by atoms with Crippen LogP contribution >= 0.6 is 0 Å². The second-order valence-electron chi connectivity index (χ2n) is 5.40. The van der Waals surface area contributed by atoms with Crippen LogP contribution in [-0.4, -0.2) is 17.7 Å². The van der Waals surface area contributed by atoms with Gasteiger partial charge in [-0.2, -0.15) is 0 Å². The summed E-state index contributed by atoms with van der Waals surface area (Å²) in [6, 6.07) is 5.24. The van der Waals surface area contributed by atoms with E-state index in [0.717, 1.165) is 19.5 Å². The quantitative estimate of drug-likeness (QED) is 0.862. The SMILES string of the molecule is CNC(C)Cc1cn(C)c2cc3c(cc12)CNC3. The highest BCUT2D eigenvalue weighted by atomic mass is 14.9. The molecule has 0 saturated heterocycles. The summed E-state index contributed by atoms with van der Waals surface area (Å²) in [5, 5.41) is 8.16. The third kappa shape index (κ3) is 1.84. The molecule has 1 unspecified atom stereocenters. The molecule has 1 aromatic carbocycles. The van der Waals surface area contributed by atoms with Crippen LogP contribution in [0, 0.1) is 0 Å². The average molecular weight is 243 g/mol. The second kappa shape index (κ2) is 4.41. The highest BCUT2D eigenvalue weighted by Gasteiger charge is 2.15. The minimum Gasteiger partial charge on any atom is -0.350 e. The van der Waals surface area contributed by atoms with Crippen molar-refractivity contribution in [1.82, 2.24) is 15.2 Å². The van der Waals surface area contributed by atoms with Gasteiger partial charge in [0.2, 0.25) is 0 Å². The van der Waals surface area contributed by atoms with Crippen molar-refractivity contribution in [3.8, 4) is 0 Å². The molecule has 0 aliphatic carbocycles. The smallest absolute Gasteiger partial charge is 0.0484 e. The molecular formula is C15H21N3. The number of rotatable bonds is 3. The van der Waals surface area contributed by atoms with E-state index in [2.05, 4.69) is 47.5 Å². The maximum atomic E-state index is 3.42. The Morgan fingerprint density at radius 3 is 2.78 bits per heavy atom. The largest absolute Gasteiger partial charge is 0.350 e. The Morgan fingerprint density at radius 1 is 1.33 bits per heavy atom. The van der Waals surface area contributed by atoms with Gasteiger partial charge in [-0.25, -0.2) is 0 Å². The minimum atomic E-state index is 0.516. The van der Waals surface area contributed by atoms with Crippen molar-refractivity contribution in [3.05, 3.63) is 35.0 Å². The summed E-state index contributed by atoms with van der Waals surface area (Å²) in [6.45, 7) is 4.26. The Kier molecular flexibility index (Phi) is 2.88. The van der Waals surface area contributed by atoms with E-state index in [9.17, 15) is 0 Å². The van der Waals surface area contributed by atoms with Crippen LogP contribution in [0.5, 0.6) is 0 Å². The molecule has 2 aromatic rings. The van der Waals surface area contributed by atoms with Crippen molar-refractivity contribution >= 4 is 10.9 Å². The zero-order chi connectivity index (χ0) is 12.7. The zero-order valence-corrected chi connectivity index (χ0v) is 11.4. The van der Waals surface area contributed by atoms with Gasteiger partial charge in [-0.05, 0) is 49.2 Å². The predicted octanol–water partition coefficient (Wildman–Crippen LogP) is 1.93. The van der Waals surface area contributed by atoms with Crippen molar-refractivity contribution in [2.45, 2.75) is 32.5 Å². The molecule has 0 spiro atoms. The van der Waals surface area contributed by atoms with Crippen molar-refractivity contribution in [2.24, 2.45) is 7.05 Å². The lowest BCUT2D eigenvalue weighted by molar-refractivity contribution is 0.609. The van der Waals surface area contributed by atoms with Crippen LogP contribution < -0.4 is 10.6 Å². The maximum absolute atomic E-state index is 3.42. The van der Waals surface area contributed by atoms with Crippen molar-refractivity contribution in [1.29, 1.82) is 0 Å². The van der Waals surface area contributed by atoms with Crippen molar-refractivity contribution in [2.75, 3.05) is 7.05 Å². The van der Waals surface area contributed by atoms with E-state index in [4.69, 9.17) is 0 Å². The lowest BCUT2D eigenvalue weighted by Crippen LogP contribution is -2.23. The van der Waals surface area contributed by atoms with E-state index in [1.165, 1.54) is 27.6 Å². The van der Waals surface area contributed by atoms with Gasteiger partial charge in [0.25, 0.3) is 0 Å². The molecule has 96 valence electrons. The summed E-state index contributed by atoms with van der Waals surface area (Å²) in [5.41, 5.74) is 5.73. The molecule has 3 heteroatoms. The highest BCUT2D eigenvalue weighted by Crippen LogP contribution is 2.27. The Hall–Kier alpha value is -1.32. The molecule has 2 N–H and O–H groups in total. The van der Waals surface area contributed by atoms with Crippen molar-refractivity contribution < 1.29 is 0 Å². The predicted molar refractivity (Wildman–Crippen MR) is 75.7 cm³/mol. The number of hydrogen-bond acceptors (Lipinski definition) is 2. The highest BCUT2D eigenvalue weighted by molar-refractivity contribution is 5.86. The third-order valence-corrected chi connectivity index (χ3v) is 4.04. The average Bonchev–Trinajstić information content (AvgIpc) is 2.93. The number of benzene rings is 1. The first kappa shape index (κ1) is 11.8. The molecule has 0 radical (unpaired) electrons. The molecule has 18 heavy (non-hydrogen) atoms. The number of nitrogens with one attached hydrogen (secondary N) is 2. The van der Waals surface area contributed by atoms with Crippen LogP contribution in [0.1, 0.15) is 23.6 Å². The van der Waals surface area contributed by atoms with E-state index in [1.807, 2.05) is 7.05 Å². The van der Waals surface area contributed by atoms with Crippen LogP contribution in [-0.2, 0) is 26.6 Å². The lowest BCUT2D eigenvalue weighted by atomic mass is 10.0. The lowest BCUT2D eigenvalue weighted by Gasteiger charge is -2.09. The minimum absolute atomic E-state index is 0.516. The molecule has 1 aliphatic heterocycles. The Labute approximate surface area is 108 Å². The van der Waals surface area contributed by atoms with Crippen LogP contribution in [0.4, 0.5) is 0 Å². The van der Waals surface area contributed by atoms with Gasteiger partial charge in [0.1, 0.15) is 0 Å². The summed E-state index contributed by atoms with van der Waals surface area (Å²) in [6.07, 6.45) is 3.36. The number of aromatic nitrogens is 1. The fourth-order valence-electron chi connectivity index (χ4n) is 2.85. The van der Waals surface area contributed by atoms with Gasteiger partial charge in [0.15, 0.2) is 0 Å². The molecule has 2 heterocycles. The molecular weight excluding hydrogens is 222 g/mol. The molecule has 1 aromatic heterocycles. The Morgan fingerprint density at radius 2 is 2.06 bits per heavy atom. The molecule has 1 atom stereocenters. The summed E-state index contributed by atoms with van der Waals surface area (Å²) >= 11 is 0. The number of nitrogens with zero attached hydrogens (tertiary/aromatic N) is 1. The van der Waals surface area contributed by atoms with Gasteiger partial charge < -0.3 is 15.2 Å². The summed E-state index contributed by atoms with van der Waals surface area (Å²) in [5.74, 6) is 0. The molecule has 0 bridgehead atoms. The van der Waals surface area contributed by atoms with Crippen molar-refractivity contribution in [3.63, 3.8) is 0 Å². The van der Waals surface area contributed by atoms with Gasteiger partial charge >= 0.3 is 0 Å². The molecule has 3 nitrogen and oxygen atoms in total. The zero-order valence-electron chi connectivity index (χ0n) is 11.4. The van der Waals surface area contributed by atoms with Gasteiger partial charge in [0.05, 0.1) is 0 Å². The van der Waals surface area contributed by atoms with E-state index >= 15 is 0 Å². The first-order valence-corrected chi connectivity index (χ1v) is 6.66. The fourth-order valence-corrected chi connectivity index (χ4v) is 2.85. The number of fused-ring (bicyclic) bond motifs is 2. The van der Waals surface area contributed by atoms with Gasteiger partial charge in [-0.1, -0.05) is 0 Å². The van der Waals surface area contributed by atoms with E-state index < -0.39 is 0 Å². The van der Waals surface area contributed by atoms with Crippen LogP contribution in [0.25, 0.3) is 10.9 Å². The Balaban J connectivity index is 2.10. The van der Waals surface area contributed by atoms with Gasteiger partial charge in [0, 0.05) is 43.3 Å². The standard InChI is InChI=1S/C15H21N3/c1-10(16-2)4-13-9-18(3)15-6-12-8-17-7-11(12)5-14(13)15/h5-6,9-10,16-17H,4,7-8H2,1-3H3. The summed E-state index contributed by atoms with van der Waals surface area (Å²) < 4.78 is 2.26. The van der Waals surface area contributed by atoms with Gasteiger partial charge in [-0.15, -0.1) is 0 Å². The molecule has 3 rings (SSSR count). The fraction of sp³-hybridized carbons (Fsp3) is 0.467. The van der Waals surface area contributed by atoms with Crippen LogP contribution in [0.3, 0.4) is 0 Å². The normalized spacial score (nSPS) is 16.2. The summed E-state index contributed by atoms with van der Waals surface area (Å²) in [4.78, 5) is 0. The number of likely N-dealkylation sites (N-methyl/N-ethyl adjacent to an activating group) is 1. The van der Waals surface area contributed by atoms with E-state index in [0.29, 0.717) is 6.04 Å². The first-order valence-electron chi connectivity index (χ1n) is 6.66. The molecule has 0 saturated carbocycles. The van der Waals surface area contributed by atoms with Gasteiger partial charge in [-0.3, -0.25) is 0 Å². The molecule has 0 fully saturated rings. The monoisotopic (exact) mass is 243 g/mol. The second-order valence-corrected chi connectivity index (χ2v) is 5.40. The molecule has 0 amide bonds. The third-order valence-electron chi connectivity index (χ3n) is 4.04. The maximum Gasteiger partial charge on any atom is 0.0484 e. The summed E-state index contributed by atoms with van der Waals surface area (Å²) in [7, 11) is 4.17. The van der Waals surface area contributed by atoms with Crippen LogP contribution in [0.15, 0.2) is 18.3 Å². The number of aryl methyl sites for hydroxylation is 1. The van der Waals surface area contributed by atoms with E-state index in [1.54, 1.807) is 0 Å². The topological polar surface area (TPSA) is 29.0 Å². The Bertz CT molecular complexity index is 583. The molecule has 1 aliphatic rings. The first-order chi connectivity index (χ1) is 8.69. The van der Waals surface area contributed by atoms with E-state index in [-0.39, 0.29) is 0 Å². The number of hydrogen-bond donors (Lipinski definition) is 2.